The highest BCUT2D eigenvalue weighted by atomic mass is 35.5. The summed E-state index contributed by atoms with van der Waals surface area (Å²) in [7, 11) is 0. The smallest absolute Gasteiger partial charge is 0.0412 e. The zero-order chi connectivity index (χ0) is 12.8. The molecule has 1 aromatic heterocycles. The summed E-state index contributed by atoms with van der Waals surface area (Å²) in [6.45, 7) is 4.03. The number of thiophene rings is 1. The molecule has 0 spiro atoms. The Morgan fingerprint density at radius 1 is 1.28 bits per heavy atom. The maximum absolute atomic E-state index is 6.00. The molecule has 0 aliphatic heterocycles. The largest absolute Gasteiger partial charge is 0.314 e. The van der Waals surface area contributed by atoms with Crippen molar-refractivity contribution in [2.45, 2.75) is 6.92 Å². The lowest BCUT2D eigenvalue weighted by Gasteiger charge is -1.97. The van der Waals surface area contributed by atoms with Crippen LogP contribution in [0.1, 0.15) is 11.8 Å². The highest BCUT2D eigenvalue weighted by molar-refractivity contribution is 7.16. The Balaban J connectivity index is 2.08. The van der Waals surface area contributed by atoms with Crippen LogP contribution in [-0.2, 0) is 0 Å². The molecule has 2 aromatic rings. The summed E-state index contributed by atoms with van der Waals surface area (Å²) in [4.78, 5) is 2.52. The van der Waals surface area contributed by atoms with Gasteiger partial charge >= 0.3 is 0 Å². The Bertz CT molecular complexity index is 531. The topological polar surface area (TPSA) is 12.0 Å². The van der Waals surface area contributed by atoms with E-state index in [4.69, 9.17) is 11.6 Å². The summed E-state index contributed by atoms with van der Waals surface area (Å²) >= 11 is 7.78. The van der Waals surface area contributed by atoms with Crippen molar-refractivity contribution in [2.24, 2.45) is 0 Å². The van der Waals surface area contributed by atoms with E-state index in [-0.39, 0.29) is 0 Å². The molecule has 0 aliphatic carbocycles. The van der Waals surface area contributed by atoms with E-state index in [1.165, 1.54) is 15.3 Å². The number of hydrogen-bond acceptors (Lipinski definition) is 2. The third-order valence-electron chi connectivity index (χ3n) is 2.53. The first-order chi connectivity index (χ1) is 8.79. The molecule has 94 valence electrons. The molecule has 1 N–H and O–H groups in total. The number of benzene rings is 1. The molecule has 0 unspecified atom stereocenters. The monoisotopic (exact) mass is 277 g/mol. The number of halogens is 1. The van der Waals surface area contributed by atoms with Gasteiger partial charge in [-0.2, -0.15) is 0 Å². The van der Waals surface area contributed by atoms with Gasteiger partial charge in [0.25, 0.3) is 0 Å². The molecule has 0 radical (unpaired) electrons. The SMILES string of the molecule is CCNCC=Cc1ccc(-c2cccc(Cl)c2)s1. The van der Waals surface area contributed by atoms with Crippen molar-refractivity contribution in [3.63, 3.8) is 0 Å². The lowest BCUT2D eigenvalue weighted by Crippen LogP contribution is -2.11. The second-order valence-corrected chi connectivity index (χ2v) is 5.47. The van der Waals surface area contributed by atoms with Crippen molar-refractivity contribution < 1.29 is 0 Å². The van der Waals surface area contributed by atoms with Gasteiger partial charge < -0.3 is 5.32 Å². The molecule has 1 nitrogen and oxygen atoms in total. The van der Waals surface area contributed by atoms with Crippen LogP contribution in [0.25, 0.3) is 16.5 Å². The quantitative estimate of drug-likeness (QED) is 0.782. The fraction of sp³-hybridized carbons (Fsp3) is 0.200. The second-order valence-electron chi connectivity index (χ2n) is 3.92. The van der Waals surface area contributed by atoms with Crippen LogP contribution in [-0.4, -0.2) is 13.1 Å². The minimum absolute atomic E-state index is 0.783. The molecule has 18 heavy (non-hydrogen) atoms. The normalized spacial score (nSPS) is 11.2. The summed E-state index contributed by atoms with van der Waals surface area (Å²) in [5.74, 6) is 0. The fourth-order valence-corrected chi connectivity index (χ4v) is 2.77. The Morgan fingerprint density at radius 3 is 2.94 bits per heavy atom. The van der Waals surface area contributed by atoms with Crippen molar-refractivity contribution in [3.05, 3.63) is 52.4 Å². The molecule has 0 fully saturated rings. The van der Waals surface area contributed by atoms with Crippen LogP contribution in [0.5, 0.6) is 0 Å². The molecule has 1 aromatic carbocycles. The van der Waals surface area contributed by atoms with E-state index < -0.39 is 0 Å². The Morgan fingerprint density at radius 2 is 2.17 bits per heavy atom. The predicted octanol–water partition coefficient (Wildman–Crippen LogP) is 4.69. The van der Waals surface area contributed by atoms with E-state index in [9.17, 15) is 0 Å². The highest BCUT2D eigenvalue weighted by Gasteiger charge is 2.01. The number of rotatable bonds is 5. The summed E-state index contributed by atoms with van der Waals surface area (Å²) in [5, 5.41) is 4.05. The minimum atomic E-state index is 0.783. The van der Waals surface area contributed by atoms with Crippen LogP contribution in [0.2, 0.25) is 5.02 Å². The van der Waals surface area contributed by atoms with Gasteiger partial charge in [0.2, 0.25) is 0 Å². The third-order valence-corrected chi connectivity index (χ3v) is 3.86. The van der Waals surface area contributed by atoms with Crippen molar-refractivity contribution in [1.82, 2.24) is 5.32 Å². The summed E-state index contributed by atoms with van der Waals surface area (Å²) in [6.07, 6.45) is 4.30. The summed E-state index contributed by atoms with van der Waals surface area (Å²) < 4.78 is 0. The lowest BCUT2D eigenvalue weighted by atomic mass is 10.2. The zero-order valence-electron chi connectivity index (χ0n) is 10.3. The average molecular weight is 278 g/mol. The van der Waals surface area contributed by atoms with Crippen molar-refractivity contribution in [3.8, 4) is 10.4 Å². The molecule has 0 aliphatic rings. The first kappa shape index (κ1) is 13.3. The lowest BCUT2D eigenvalue weighted by molar-refractivity contribution is 0.801. The Labute approximate surface area is 117 Å². The minimum Gasteiger partial charge on any atom is -0.314 e. The summed E-state index contributed by atoms with van der Waals surface area (Å²) in [6, 6.07) is 12.3. The van der Waals surface area contributed by atoms with Gasteiger partial charge in [0.1, 0.15) is 0 Å². The van der Waals surface area contributed by atoms with Crippen LogP contribution in [0.3, 0.4) is 0 Å². The van der Waals surface area contributed by atoms with Crippen LogP contribution in [0.4, 0.5) is 0 Å². The van der Waals surface area contributed by atoms with Crippen LogP contribution in [0.15, 0.2) is 42.5 Å². The Kier molecular flexibility index (Phi) is 5.00. The van der Waals surface area contributed by atoms with Gasteiger partial charge in [-0.1, -0.05) is 36.7 Å². The number of likely N-dealkylation sites (N-methyl/N-ethyl adjacent to an activating group) is 1. The van der Waals surface area contributed by atoms with Gasteiger partial charge in [-0.25, -0.2) is 0 Å². The van der Waals surface area contributed by atoms with Gasteiger partial charge in [-0.15, -0.1) is 11.3 Å². The van der Waals surface area contributed by atoms with E-state index in [1.807, 2.05) is 18.2 Å². The van der Waals surface area contributed by atoms with Crippen LogP contribution in [0, 0.1) is 0 Å². The molecule has 0 atom stereocenters. The van der Waals surface area contributed by atoms with Crippen molar-refractivity contribution in [1.29, 1.82) is 0 Å². The van der Waals surface area contributed by atoms with E-state index in [0.29, 0.717) is 0 Å². The highest BCUT2D eigenvalue weighted by Crippen LogP contribution is 2.30. The molecule has 3 heteroatoms. The molecular formula is C15H16ClNS. The van der Waals surface area contributed by atoms with E-state index in [1.54, 1.807) is 11.3 Å². The van der Waals surface area contributed by atoms with Gasteiger partial charge in [0, 0.05) is 21.3 Å². The van der Waals surface area contributed by atoms with E-state index in [2.05, 4.69) is 42.6 Å². The first-order valence-electron chi connectivity index (χ1n) is 6.02. The number of nitrogens with one attached hydrogen (secondary N) is 1. The molecule has 0 saturated heterocycles. The van der Waals surface area contributed by atoms with E-state index >= 15 is 0 Å². The molecule has 0 bridgehead atoms. The first-order valence-corrected chi connectivity index (χ1v) is 7.22. The van der Waals surface area contributed by atoms with Crippen molar-refractivity contribution >= 4 is 29.0 Å². The predicted molar refractivity (Wildman–Crippen MR) is 82.3 cm³/mol. The molecule has 0 amide bonds. The molecule has 1 heterocycles. The van der Waals surface area contributed by atoms with Gasteiger partial charge in [-0.3, -0.25) is 0 Å². The molecular weight excluding hydrogens is 262 g/mol. The van der Waals surface area contributed by atoms with Gasteiger partial charge in [-0.05, 0) is 42.4 Å². The van der Waals surface area contributed by atoms with E-state index in [0.717, 1.165) is 18.1 Å². The summed E-state index contributed by atoms with van der Waals surface area (Å²) in [5.41, 5.74) is 1.18. The third kappa shape index (κ3) is 3.70. The molecule has 0 saturated carbocycles. The van der Waals surface area contributed by atoms with Gasteiger partial charge in [0.05, 0.1) is 0 Å². The average Bonchev–Trinajstić information content (AvgIpc) is 2.83. The maximum atomic E-state index is 6.00. The zero-order valence-corrected chi connectivity index (χ0v) is 11.9. The van der Waals surface area contributed by atoms with Crippen LogP contribution < -0.4 is 5.32 Å². The standard InChI is InChI=1S/C15H16ClNS/c1-2-17-10-4-7-14-8-9-15(18-14)12-5-3-6-13(16)11-12/h3-9,11,17H,2,10H2,1H3. The van der Waals surface area contributed by atoms with Crippen LogP contribution >= 0.6 is 22.9 Å². The Hall–Kier alpha value is -1.09. The van der Waals surface area contributed by atoms with Gasteiger partial charge in [0.15, 0.2) is 0 Å². The molecule has 2 rings (SSSR count). The second kappa shape index (κ2) is 6.74. The number of hydrogen-bond donors (Lipinski definition) is 1. The van der Waals surface area contributed by atoms with Crippen molar-refractivity contribution in [2.75, 3.05) is 13.1 Å². The maximum Gasteiger partial charge on any atom is 0.0412 e. The fourth-order valence-electron chi connectivity index (χ4n) is 1.64.